The Balaban J connectivity index is 1.36. The van der Waals surface area contributed by atoms with E-state index in [2.05, 4.69) is 14.9 Å². The van der Waals surface area contributed by atoms with Crippen LogP contribution in [-0.2, 0) is 21.2 Å². The molecular weight excluding hydrogens is 364 g/mol. The molecule has 8 heteroatoms. The van der Waals surface area contributed by atoms with E-state index in [4.69, 9.17) is 4.74 Å². The summed E-state index contributed by atoms with van der Waals surface area (Å²) in [6.07, 6.45) is 8.46. The number of sulfonamides is 1. The molecule has 4 aliphatic rings. The third-order valence-electron chi connectivity index (χ3n) is 7.23. The van der Waals surface area contributed by atoms with Gasteiger partial charge in [-0.25, -0.2) is 13.4 Å². The van der Waals surface area contributed by atoms with Crippen molar-refractivity contribution >= 4 is 10.0 Å². The molecule has 5 heterocycles. The lowest BCUT2D eigenvalue weighted by molar-refractivity contribution is 0.00685. The second-order valence-electron chi connectivity index (χ2n) is 8.74. The van der Waals surface area contributed by atoms with Crippen LogP contribution in [0.3, 0.4) is 0 Å². The zero-order valence-corrected chi connectivity index (χ0v) is 16.9. The van der Waals surface area contributed by atoms with Gasteiger partial charge in [0.2, 0.25) is 0 Å². The van der Waals surface area contributed by atoms with E-state index in [1.54, 1.807) is 4.31 Å². The fourth-order valence-corrected chi connectivity index (χ4v) is 7.26. The van der Waals surface area contributed by atoms with Crippen LogP contribution in [0.4, 0.5) is 0 Å². The van der Waals surface area contributed by atoms with E-state index < -0.39 is 10.0 Å². The molecule has 1 aromatic rings. The molecule has 7 nitrogen and oxygen atoms in total. The molecular formula is C19H30N4O3S. The Morgan fingerprint density at radius 1 is 1.33 bits per heavy atom. The number of H-pyrrole nitrogens is 1. The van der Waals surface area contributed by atoms with Crippen molar-refractivity contribution in [2.75, 3.05) is 32.7 Å². The van der Waals surface area contributed by atoms with Gasteiger partial charge in [0.05, 0.1) is 17.9 Å². The van der Waals surface area contributed by atoms with E-state index in [1.165, 1.54) is 38.5 Å². The van der Waals surface area contributed by atoms with Crippen molar-refractivity contribution in [3.05, 3.63) is 12.0 Å². The molecule has 2 bridgehead atoms. The van der Waals surface area contributed by atoms with E-state index >= 15 is 0 Å². The fourth-order valence-electron chi connectivity index (χ4n) is 5.81. The van der Waals surface area contributed by atoms with E-state index in [0.717, 1.165) is 19.4 Å². The molecule has 1 aromatic heterocycles. The van der Waals surface area contributed by atoms with Gasteiger partial charge in [-0.2, -0.15) is 4.31 Å². The topological polar surface area (TPSA) is 78.5 Å². The van der Waals surface area contributed by atoms with E-state index in [1.807, 2.05) is 6.92 Å². The second kappa shape index (κ2) is 6.54. The lowest BCUT2D eigenvalue weighted by Crippen LogP contribution is -2.43. The first-order valence-corrected chi connectivity index (χ1v) is 11.9. The first kappa shape index (κ1) is 18.1. The number of rotatable bonds is 5. The Morgan fingerprint density at radius 2 is 2.15 bits per heavy atom. The van der Waals surface area contributed by atoms with Crippen molar-refractivity contribution in [2.24, 2.45) is 11.8 Å². The number of aromatic amines is 1. The van der Waals surface area contributed by atoms with Crippen LogP contribution < -0.4 is 0 Å². The zero-order chi connectivity index (χ0) is 18.6. The largest absolute Gasteiger partial charge is 0.370 e. The van der Waals surface area contributed by atoms with Crippen LogP contribution in [0.5, 0.6) is 0 Å². The van der Waals surface area contributed by atoms with Gasteiger partial charge >= 0.3 is 0 Å². The summed E-state index contributed by atoms with van der Waals surface area (Å²) in [4.78, 5) is 9.73. The van der Waals surface area contributed by atoms with Crippen LogP contribution in [0.25, 0.3) is 0 Å². The number of nitrogens with one attached hydrogen (secondary N) is 1. The van der Waals surface area contributed by atoms with Gasteiger partial charge < -0.3 is 14.6 Å². The van der Waals surface area contributed by atoms with Crippen LogP contribution in [0.1, 0.15) is 44.9 Å². The molecule has 150 valence electrons. The Kier molecular flexibility index (Phi) is 4.38. The van der Waals surface area contributed by atoms with Crippen molar-refractivity contribution in [1.29, 1.82) is 0 Å². The molecule has 1 N–H and O–H groups in total. The van der Waals surface area contributed by atoms with Gasteiger partial charge in [0.1, 0.15) is 5.82 Å². The highest BCUT2D eigenvalue weighted by atomic mass is 32.2. The van der Waals surface area contributed by atoms with Crippen LogP contribution in [0.15, 0.2) is 11.2 Å². The molecule has 1 spiro atoms. The molecule has 4 saturated heterocycles. The summed E-state index contributed by atoms with van der Waals surface area (Å²) >= 11 is 0. The zero-order valence-electron chi connectivity index (χ0n) is 16.1. The van der Waals surface area contributed by atoms with Crippen molar-refractivity contribution in [1.82, 2.24) is 19.2 Å². The third-order valence-corrected chi connectivity index (χ3v) is 8.95. The number of ether oxygens (including phenoxy) is 1. The highest BCUT2D eigenvalue weighted by molar-refractivity contribution is 7.89. The van der Waals surface area contributed by atoms with Gasteiger partial charge in [-0.1, -0.05) is 13.3 Å². The monoisotopic (exact) mass is 394 g/mol. The SMILES string of the molecule is CCc1ncc(S(=O)(=O)N2C[C@@H]3[C@H](CN4CCCCC4)[C@H]4CC[C@]3(C2)O4)[nH]1. The Hall–Kier alpha value is -0.960. The van der Waals surface area contributed by atoms with Crippen molar-refractivity contribution < 1.29 is 13.2 Å². The Bertz CT molecular complexity index is 804. The first-order valence-electron chi connectivity index (χ1n) is 10.5. The maximum Gasteiger partial charge on any atom is 0.260 e. The summed E-state index contributed by atoms with van der Waals surface area (Å²) in [6.45, 7) is 6.46. The minimum atomic E-state index is -3.53. The summed E-state index contributed by atoms with van der Waals surface area (Å²) < 4.78 is 34.4. The molecule has 0 amide bonds. The Labute approximate surface area is 161 Å². The molecule has 4 aliphatic heterocycles. The van der Waals surface area contributed by atoms with Crippen molar-refractivity contribution in [2.45, 2.75) is 62.2 Å². The average Bonchev–Trinajstić information content (AvgIpc) is 3.43. The molecule has 0 unspecified atom stereocenters. The molecule has 5 rings (SSSR count). The van der Waals surface area contributed by atoms with Crippen LogP contribution in [0, 0.1) is 11.8 Å². The van der Waals surface area contributed by atoms with Crippen molar-refractivity contribution in [3.8, 4) is 0 Å². The van der Waals surface area contributed by atoms with Crippen LogP contribution in [-0.4, -0.2) is 72.0 Å². The summed E-state index contributed by atoms with van der Waals surface area (Å²) in [5.74, 6) is 1.50. The second-order valence-corrected chi connectivity index (χ2v) is 10.6. The summed E-state index contributed by atoms with van der Waals surface area (Å²) in [5.41, 5.74) is -0.258. The molecule has 0 radical (unpaired) electrons. The maximum absolute atomic E-state index is 13.2. The molecule has 0 saturated carbocycles. The number of aryl methyl sites for hydroxylation is 1. The number of likely N-dealkylation sites (tertiary alicyclic amines) is 1. The highest BCUT2D eigenvalue weighted by Gasteiger charge is 2.64. The number of piperidine rings is 1. The maximum atomic E-state index is 13.2. The lowest BCUT2D eigenvalue weighted by atomic mass is 9.73. The number of fused-ring (bicyclic) bond motifs is 1. The molecule has 0 aliphatic carbocycles. The quantitative estimate of drug-likeness (QED) is 0.821. The number of imidazole rings is 1. The van der Waals surface area contributed by atoms with E-state index in [9.17, 15) is 8.42 Å². The number of hydrogen-bond donors (Lipinski definition) is 1. The van der Waals surface area contributed by atoms with Gasteiger partial charge in [-0.15, -0.1) is 0 Å². The van der Waals surface area contributed by atoms with Crippen molar-refractivity contribution in [3.63, 3.8) is 0 Å². The van der Waals surface area contributed by atoms with Gasteiger partial charge in [0, 0.05) is 37.9 Å². The Morgan fingerprint density at radius 3 is 2.89 bits per heavy atom. The van der Waals surface area contributed by atoms with E-state index in [-0.39, 0.29) is 10.6 Å². The van der Waals surface area contributed by atoms with Gasteiger partial charge in [-0.05, 0) is 38.8 Å². The molecule has 4 atom stereocenters. The van der Waals surface area contributed by atoms with Gasteiger partial charge in [0.25, 0.3) is 10.0 Å². The molecule has 27 heavy (non-hydrogen) atoms. The molecule has 0 aromatic carbocycles. The van der Waals surface area contributed by atoms with E-state index in [0.29, 0.717) is 43.3 Å². The molecule has 4 fully saturated rings. The standard InChI is InChI=1S/C19H30N4O3S/c1-2-17-20-10-18(21-17)27(24,25)23-12-15-14(11-22-8-4-3-5-9-22)16-6-7-19(15,13-23)26-16/h10,14-16H,2-9,11-13H2,1H3,(H,20,21)/t14-,15+,16+,19+/m0/s1. The highest BCUT2D eigenvalue weighted by Crippen LogP contribution is 2.55. The van der Waals surface area contributed by atoms with Crippen LogP contribution >= 0.6 is 0 Å². The average molecular weight is 395 g/mol. The first-order chi connectivity index (χ1) is 13.0. The summed E-state index contributed by atoms with van der Waals surface area (Å²) in [7, 11) is -3.53. The lowest BCUT2D eigenvalue weighted by Gasteiger charge is -2.35. The van der Waals surface area contributed by atoms with Gasteiger partial charge in [0.15, 0.2) is 5.03 Å². The fraction of sp³-hybridized carbons (Fsp3) is 0.842. The number of hydrogen-bond acceptors (Lipinski definition) is 5. The normalized spacial score (nSPS) is 37.1. The minimum absolute atomic E-state index is 0.220. The smallest absolute Gasteiger partial charge is 0.260 e. The summed E-state index contributed by atoms with van der Waals surface area (Å²) in [5, 5.41) is 0.220. The van der Waals surface area contributed by atoms with Gasteiger partial charge in [-0.3, -0.25) is 0 Å². The number of aromatic nitrogens is 2. The predicted molar refractivity (Wildman–Crippen MR) is 101 cm³/mol. The predicted octanol–water partition coefficient (Wildman–Crippen LogP) is 1.63. The summed E-state index contributed by atoms with van der Waals surface area (Å²) in [6, 6.07) is 0. The third kappa shape index (κ3) is 2.87. The number of nitrogens with zero attached hydrogens (tertiary/aromatic N) is 3. The van der Waals surface area contributed by atoms with Crippen LogP contribution in [0.2, 0.25) is 0 Å². The minimum Gasteiger partial charge on any atom is -0.370 e.